The number of benzene rings is 1. The summed E-state index contributed by atoms with van der Waals surface area (Å²) >= 11 is 1.87. The lowest BCUT2D eigenvalue weighted by atomic mass is 10.1. The van der Waals surface area contributed by atoms with Crippen LogP contribution in [-0.4, -0.2) is 11.5 Å². The van der Waals surface area contributed by atoms with Gasteiger partial charge in [0, 0.05) is 17.8 Å². The summed E-state index contributed by atoms with van der Waals surface area (Å²) in [6.45, 7) is 8.77. The van der Waals surface area contributed by atoms with Gasteiger partial charge in [0.15, 0.2) is 0 Å². The molecule has 2 rings (SSSR count). The van der Waals surface area contributed by atoms with Gasteiger partial charge in [-0.3, -0.25) is 0 Å². The zero-order valence-corrected chi connectivity index (χ0v) is 14.2. The van der Waals surface area contributed by atoms with Crippen LogP contribution in [0.1, 0.15) is 48.3 Å². The highest BCUT2D eigenvalue weighted by Crippen LogP contribution is 2.23. The van der Waals surface area contributed by atoms with Crippen molar-refractivity contribution in [3.8, 4) is 0 Å². The summed E-state index contributed by atoms with van der Waals surface area (Å²) in [4.78, 5) is 6.32. The standard InChI is InChI=1S/C18H26N2S/c1-4-10-19-13-17-16(11-14(2)3)20-18(21-17)12-15-8-6-5-7-9-15/h5-9,14,19H,4,10-13H2,1-3H3. The molecule has 0 spiro atoms. The van der Waals surface area contributed by atoms with E-state index in [-0.39, 0.29) is 0 Å². The van der Waals surface area contributed by atoms with E-state index in [0.717, 1.165) is 25.9 Å². The number of rotatable bonds is 8. The Kier molecular flexibility index (Phi) is 6.40. The van der Waals surface area contributed by atoms with E-state index in [1.54, 1.807) is 0 Å². The minimum Gasteiger partial charge on any atom is -0.312 e. The molecule has 2 aromatic rings. The van der Waals surface area contributed by atoms with Gasteiger partial charge in [-0.2, -0.15) is 0 Å². The van der Waals surface area contributed by atoms with Crippen molar-refractivity contribution >= 4 is 11.3 Å². The van der Waals surface area contributed by atoms with Crippen LogP contribution in [-0.2, 0) is 19.4 Å². The molecular formula is C18H26N2S. The topological polar surface area (TPSA) is 24.9 Å². The summed E-state index contributed by atoms with van der Waals surface area (Å²) in [6, 6.07) is 10.6. The van der Waals surface area contributed by atoms with Crippen LogP contribution in [0.5, 0.6) is 0 Å². The van der Waals surface area contributed by atoms with E-state index >= 15 is 0 Å². The normalized spacial score (nSPS) is 11.2. The predicted octanol–water partition coefficient (Wildman–Crippen LogP) is 4.43. The molecule has 0 atom stereocenters. The second kappa shape index (κ2) is 8.30. The van der Waals surface area contributed by atoms with Crippen LogP contribution in [0.15, 0.2) is 30.3 Å². The molecule has 0 aliphatic heterocycles. The fourth-order valence-electron chi connectivity index (χ4n) is 2.35. The zero-order valence-electron chi connectivity index (χ0n) is 13.4. The van der Waals surface area contributed by atoms with Crippen LogP contribution in [0.3, 0.4) is 0 Å². The Labute approximate surface area is 132 Å². The molecule has 1 aromatic carbocycles. The van der Waals surface area contributed by atoms with Crippen LogP contribution < -0.4 is 5.32 Å². The smallest absolute Gasteiger partial charge is 0.0975 e. The summed E-state index contributed by atoms with van der Waals surface area (Å²) in [7, 11) is 0. The summed E-state index contributed by atoms with van der Waals surface area (Å²) in [5, 5.41) is 4.75. The van der Waals surface area contributed by atoms with E-state index in [1.165, 1.54) is 27.6 Å². The van der Waals surface area contributed by atoms with Crippen molar-refractivity contribution < 1.29 is 0 Å². The third kappa shape index (κ3) is 5.25. The van der Waals surface area contributed by atoms with Gasteiger partial charge < -0.3 is 5.32 Å². The fourth-order valence-corrected chi connectivity index (χ4v) is 3.45. The lowest BCUT2D eigenvalue weighted by Crippen LogP contribution is -2.14. The van der Waals surface area contributed by atoms with Crippen molar-refractivity contribution in [3.63, 3.8) is 0 Å². The number of nitrogens with one attached hydrogen (secondary N) is 1. The SMILES string of the molecule is CCCNCc1sc(Cc2ccccc2)nc1CC(C)C. The first-order valence-corrected chi connectivity index (χ1v) is 8.72. The Hall–Kier alpha value is -1.19. The van der Waals surface area contributed by atoms with Gasteiger partial charge in [-0.25, -0.2) is 4.98 Å². The van der Waals surface area contributed by atoms with Gasteiger partial charge >= 0.3 is 0 Å². The Morgan fingerprint density at radius 1 is 1.19 bits per heavy atom. The molecule has 1 aromatic heterocycles. The van der Waals surface area contributed by atoms with Crippen LogP contribution in [0, 0.1) is 5.92 Å². The average Bonchev–Trinajstić information content (AvgIpc) is 2.81. The van der Waals surface area contributed by atoms with E-state index in [0.29, 0.717) is 5.92 Å². The maximum absolute atomic E-state index is 4.90. The molecule has 3 heteroatoms. The third-order valence-electron chi connectivity index (χ3n) is 3.33. The lowest BCUT2D eigenvalue weighted by molar-refractivity contribution is 0.622. The van der Waals surface area contributed by atoms with Crippen molar-refractivity contribution in [1.29, 1.82) is 0 Å². The molecule has 2 nitrogen and oxygen atoms in total. The summed E-state index contributed by atoms with van der Waals surface area (Å²) in [5.41, 5.74) is 2.64. The van der Waals surface area contributed by atoms with Gasteiger partial charge in [-0.05, 0) is 30.9 Å². The highest BCUT2D eigenvalue weighted by atomic mass is 32.1. The second-order valence-corrected chi connectivity index (χ2v) is 7.08. The first kappa shape index (κ1) is 16.2. The van der Waals surface area contributed by atoms with Crippen molar-refractivity contribution in [2.45, 2.75) is 46.6 Å². The number of thiazole rings is 1. The van der Waals surface area contributed by atoms with E-state index < -0.39 is 0 Å². The molecule has 0 amide bonds. The molecule has 1 N–H and O–H groups in total. The molecule has 0 fully saturated rings. The Morgan fingerprint density at radius 2 is 1.95 bits per heavy atom. The van der Waals surface area contributed by atoms with Gasteiger partial charge in [-0.15, -0.1) is 11.3 Å². The van der Waals surface area contributed by atoms with E-state index in [4.69, 9.17) is 4.98 Å². The first-order chi connectivity index (χ1) is 10.2. The van der Waals surface area contributed by atoms with E-state index in [2.05, 4.69) is 56.4 Å². The average molecular weight is 302 g/mol. The Bertz CT molecular complexity index is 531. The molecule has 21 heavy (non-hydrogen) atoms. The minimum atomic E-state index is 0.654. The molecule has 0 saturated carbocycles. The zero-order chi connectivity index (χ0) is 15.1. The maximum Gasteiger partial charge on any atom is 0.0975 e. The van der Waals surface area contributed by atoms with Crippen molar-refractivity contribution in [2.75, 3.05) is 6.54 Å². The number of hydrogen-bond acceptors (Lipinski definition) is 3. The van der Waals surface area contributed by atoms with Gasteiger partial charge in [0.05, 0.1) is 10.7 Å². The molecule has 0 aliphatic carbocycles. The summed E-state index contributed by atoms with van der Waals surface area (Å²) in [5.74, 6) is 0.654. The maximum atomic E-state index is 4.90. The quantitative estimate of drug-likeness (QED) is 0.730. The molecule has 0 bridgehead atoms. The largest absolute Gasteiger partial charge is 0.312 e. The molecule has 0 saturated heterocycles. The summed E-state index contributed by atoms with van der Waals surface area (Å²) < 4.78 is 0. The van der Waals surface area contributed by atoms with E-state index in [9.17, 15) is 0 Å². The molecular weight excluding hydrogens is 276 g/mol. The highest BCUT2D eigenvalue weighted by molar-refractivity contribution is 7.11. The Balaban J connectivity index is 2.10. The van der Waals surface area contributed by atoms with E-state index in [1.807, 2.05) is 11.3 Å². The molecule has 0 radical (unpaired) electrons. The van der Waals surface area contributed by atoms with Crippen LogP contribution in [0.4, 0.5) is 0 Å². The van der Waals surface area contributed by atoms with Crippen molar-refractivity contribution in [1.82, 2.24) is 10.3 Å². The van der Waals surface area contributed by atoms with Gasteiger partial charge in [0.1, 0.15) is 0 Å². The minimum absolute atomic E-state index is 0.654. The molecule has 0 unspecified atom stereocenters. The summed E-state index contributed by atoms with van der Waals surface area (Å²) in [6.07, 6.45) is 3.20. The van der Waals surface area contributed by atoms with Gasteiger partial charge in [-0.1, -0.05) is 51.1 Å². The second-order valence-electron chi connectivity index (χ2n) is 5.91. The lowest BCUT2D eigenvalue weighted by Gasteiger charge is -2.05. The van der Waals surface area contributed by atoms with Gasteiger partial charge in [0.2, 0.25) is 0 Å². The molecule has 0 aliphatic rings. The van der Waals surface area contributed by atoms with Crippen molar-refractivity contribution in [2.24, 2.45) is 5.92 Å². The highest BCUT2D eigenvalue weighted by Gasteiger charge is 2.12. The molecule has 114 valence electrons. The first-order valence-electron chi connectivity index (χ1n) is 7.91. The predicted molar refractivity (Wildman–Crippen MR) is 91.9 cm³/mol. The van der Waals surface area contributed by atoms with Gasteiger partial charge in [0.25, 0.3) is 0 Å². The monoisotopic (exact) mass is 302 g/mol. The fraction of sp³-hybridized carbons (Fsp3) is 0.500. The number of hydrogen-bond donors (Lipinski definition) is 1. The number of aromatic nitrogens is 1. The molecule has 1 heterocycles. The number of nitrogens with zero attached hydrogens (tertiary/aromatic N) is 1. The van der Waals surface area contributed by atoms with Crippen LogP contribution >= 0.6 is 11.3 Å². The van der Waals surface area contributed by atoms with Crippen LogP contribution in [0.25, 0.3) is 0 Å². The van der Waals surface area contributed by atoms with Crippen molar-refractivity contribution in [3.05, 3.63) is 51.5 Å². The van der Waals surface area contributed by atoms with Crippen LogP contribution in [0.2, 0.25) is 0 Å². The Morgan fingerprint density at radius 3 is 2.62 bits per heavy atom. The third-order valence-corrected chi connectivity index (χ3v) is 4.43.